The molecule has 4 heteroatoms. The van der Waals surface area contributed by atoms with Crippen LogP contribution in [0.15, 0.2) is 29.8 Å². The first-order chi connectivity index (χ1) is 8.19. The molecule has 0 unspecified atom stereocenters. The number of carbonyl (C=O) groups is 1. The number of methoxy groups -OCH3 is 1. The van der Waals surface area contributed by atoms with Crippen molar-refractivity contribution in [1.82, 2.24) is 0 Å². The smallest absolute Gasteiger partial charge is 0.333 e. The number of para-hydroxylation sites is 1. The second-order valence-corrected chi connectivity index (χ2v) is 3.38. The summed E-state index contributed by atoms with van der Waals surface area (Å²) < 4.78 is 10.3. The first-order valence-corrected chi connectivity index (χ1v) is 5.33. The van der Waals surface area contributed by atoms with Gasteiger partial charge < -0.3 is 14.6 Å². The van der Waals surface area contributed by atoms with Crippen LogP contribution in [0, 0.1) is 0 Å². The van der Waals surface area contributed by atoms with E-state index in [0.29, 0.717) is 12.4 Å². The minimum atomic E-state index is -0.988. The fourth-order valence-electron chi connectivity index (χ4n) is 1.40. The van der Waals surface area contributed by atoms with Gasteiger partial charge in [-0.1, -0.05) is 18.2 Å². The second-order valence-electron chi connectivity index (χ2n) is 3.38. The van der Waals surface area contributed by atoms with Gasteiger partial charge in [0.15, 0.2) is 0 Å². The molecule has 0 aliphatic carbocycles. The Balaban J connectivity index is 3.05. The Kier molecular flexibility index (Phi) is 5.23. The van der Waals surface area contributed by atoms with E-state index in [-0.39, 0.29) is 12.2 Å². The Morgan fingerprint density at radius 3 is 2.71 bits per heavy atom. The lowest BCUT2D eigenvalue weighted by atomic mass is 10.1. The van der Waals surface area contributed by atoms with E-state index in [1.165, 1.54) is 7.11 Å². The minimum Gasteiger partial charge on any atom is -0.493 e. The quantitative estimate of drug-likeness (QED) is 0.769. The monoisotopic (exact) mass is 236 g/mol. The highest BCUT2D eigenvalue weighted by Gasteiger charge is 2.08. The van der Waals surface area contributed by atoms with Crippen LogP contribution in [-0.4, -0.2) is 31.4 Å². The van der Waals surface area contributed by atoms with E-state index in [4.69, 9.17) is 14.6 Å². The van der Waals surface area contributed by atoms with Crippen LogP contribution < -0.4 is 4.74 Å². The van der Waals surface area contributed by atoms with Crippen LogP contribution in [0.1, 0.15) is 12.5 Å². The summed E-state index contributed by atoms with van der Waals surface area (Å²) >= 11 is 0. The Morgan fingerprint density at radius 1 is 1.41 bits per heavy atom. The average molecular weight is 236 g/mol. The molecule has 0 atom stereocenters. The molecule has 0 aliphatic rings. The van der Waals surface area contributed by atoms with Crippen molar-refractivity contribution in [1.29, 1.82) is 0 Å². The molecule has 92 valence electrons. The van der Waals surface area contributed by atoms with Gasteiger partial charge >= 0.3 is 5.97 Å². The molecule has 0 aliphatic heterocycles. The average Bonchev–Trinajstić information content (AvgIpc) is 2.31. The van der Waals surface area contributed by atoms with Gasteiger partial charge in [-0.05, 0) is 19.1 Å². The lowest BCUT2D eigenvalue weighted by molar-refractivity contribution is -0.133. The molecule has 1 rings (SSSR count). The number of aliphatic carboxylic acids is 1. The zero-order valence-corrected chi connectivity index (χ0v) is 9.97. The van der Waals surface area contributed by atoms with Crippen LogP contribution >= 0.6 is 0 Å². The highest BCUT2D eigenvalue weighted by atomic mass is 16.5. The van der Waals surface area contributed by atoms with Gasteiger partial charge in [-0.25, -0.2) is 4.79 Å². The Hall–Kier alpha value is -1.81. The van der Waals surface area contributed by atoms with Crippen molar-refractivity contribution in [3.63, 3.8) is 0 Å². The van der Waals surface area contributed by atoms with Gasteiger partial charge in [-0.2, -0.15) is 0 Å². The predicted octanol–water partition coefficient (Wildman–Crippen LogP) is 2.20. The van der Waals surface area contributed by atoms with Gasteiger partial charge in [-0.3, -0.25) is 0 Å². The molecule has 1 aromatic rings. The normalized spacial score (nSPS) is 11.3. The van der Waals surface area contributed by atoms with Crippen molar-refractivity contribution in [2.24, 2.45) is 0 Å². The summed E-state index contributed by atoms with van der Waals surface area (Å²) in [4.78, 5) is 11.0. The number of hydrogen-bond acceptors (Lipinski definition) is 3. The summed E-state index contributed by atoms with van der Waals surface area (Å²) in [5.41, 5.74) is 0.934. The summed E-state index contributed by atoms with van der Waals surface area (Å²) in [6.07, 6.45) is 1.57. The van der Waals surface area contributed by atoms with E-state index in [9.17, 15) is 4.79 Å². The fourth-order valence-corrected chi connectivity index (χ4v) is 1.40. The summed E-state index contributed by atoms with van der Waals surface area (Å²) in [6.45, 7) is 2.49. The SMILES string of the molecule is CCOc1ccccc1/C=C(\COC)C(=O)O. The molecule has 0 bridgehead atoms. The van der Waals surface area contributed by atoms with Gasteiger partial charge in [0, 0.05) is 12.7 Å². The van der Waals surface area contributed by atoms with E-state index < -0.39 is 5.97 Å². The molecule has 0 amide bonds. The molecule has 0 radical (unpaired) electrons. The highest BCUT2D eigenvalue weighted by molar-refractivity contribution is 5.92. The van der Waals surface area contributed by atoms with E-state index in [1.807, 2.05) is 31.2 Å². The summed E-state index contributed by atoms with van der Waals surface area (Å²) in [5.74, 6) is -0.317. The minimum absolute atomic E-state index is 0.0653. The first-order valence-electron chi connectivity index (χ1n) is 5.33. The van der Waals surface area contributed by atoms with Gasteiger partial charge in [0.25, 0.3) is 0 Å². The number of carboxylic acid groups (broad SMARTS) is 1. The molecule has 4 nitrogen and oxygen atoms in total. The molecular formula is C13H16O4. The summed E-state index contributed by atoms with van der Waals surface area (Å²) in [6, 6.07) is 7.30. The lowest BCUT2D eigenvalue weighted by Crippen LogP contribution is -2.06. The maximum Gasteiger partial charge on any atom is 0.333 e. The number of ether oxygens (including phenoxy) is 2. The van der Waals surface area contributed by atoms with Crippen LogP contribution in [0.2, 0.25) is 0 Å². The van der Waals surface area contributed by atoms with E-state index in [2.05, 4.69) is 0 Å². The predicted molar refractivity (Wildman–Crippen MR) is 65.1 cm³/mol. The fraction of sp³-hybridized carbons (Fsp3) is 0.308. The summed E-state index contributed by atoms with van der Waals surface area (Å²) in [7, 11) is 1.46. The maximum atomic E-state index is 11.0. The third-order valence-electron chi connectivity index (χ3n) is 2.12. The number of carboxylic acids is 1. The van der Waals surface area contributed by atoms with Gasteiger partial charge in [-0.15, -0.1) is 0 Å². The second kappa shape index (κ2) is 6.70. The molecule has 0 fully saturated rings. The molecule has 0 aromatic heterocycles. The molecule has 0 heterocycles. The topological polar surface area (TPSA) is 55.8 Å². The van der Waals surface area contributed by atoms with Gasteiger partial charge in [0.2, 0.25) is 0 Å². The zero-order valence-electron chi connectivity index (χ0n) is 9.97. The Bertz CT molecular complexity index is 410. The van der Waals surface area contributed by atoms with Crippen molar-refractivity contribution in [3.05, 3.63) is 35.4 Å². The van der Waals surface area contributed by atoms with E-state index >= 15 is 0 Å². The van der Waals surface area contributed by atoms with Crippen LogP contribution in [0.4, 0.5) is 0 Å². The Morgan fingerprint density at radius 2 is 2.12 bits per heavy atom. The standard InChI is InChI=1S/C13H16O4/c1-3-17-12-7-5-4-6-10(12)8-11(9-16-2)13(14)15/h4-8H,3,9H2,1-2H3,(H,14,15)/b11-8+. The molecule has 1 N–H and O–H groups in total. The number of rotatable bonds is 6. The molecular weight excluding hydrogens is 220 g/mol. The van der Waals surface area contributed by atoms with Crippen LogP contribution in [0.5, 0.6) is 5.75 Å². The maximum absolute atomic E-state index is 11.0. The van der Waals surface area contributed by atoms with E-state index in [0.717, 1.165) is 5.56 Å². The summed E-state index contributed by atoms with van der Waals surface area (Å²) in [5, 5.41) is 9.00. The molecule has 1 aromatic carbocycles. The van der Waals surface area contributed by atoms with Crippen molar-refractivity contribution >= 4 is 12.0 Å². The van der Waals surface area contributed by atoms with Crippen molar-refractivity contribution in [2.75, 3.05) is 20.3 Å². The molecule has 0 saturated carbocycles. The Labute approximate surface area is 100 Å². The molecule has 0 saturated heterocycles. The molecule has 17 heavy (non-hydrogen) atoms. The van der Waals surface area contributed by atoms with Gasteiger partial charge in [0.05, 0.1) is 18.8 Å². The number of hydrogen-bond donors (Lipinski definition) is 1. The van der Waals surface area contributed by atoms with E-state index in [1.54, 1.807) is 6.08 Å². The van der Waals surface area contributed by atoms with Crippen LogP contribution in [0.3, 0.4) is 0 Å². The third-order valence-corrected chi connectivity index (χ3v) is 2.12. The van der Waals surface area contributed by atoms with Gasteiger partial charge in [0.1, 0.15) is 5.75 Å². The van der Waals surface area contributed by atoms with Crippen molar-refractivity contribution in [2.45, 2.75) is 6.92 Å². The van der Waals surface area contributed by atoms with Crippen molar-refractivity contribution < 1.29 is 19.4 Å². The zero-order chi connectivity index (χ0) is 12.7. The van der Waals surface area contributed by atoms with Crippen molar-refractivity contribution in [3.8, 4) is 5.75 Å². The number of benzene rings is 1. The largest absolute Gasteiger partial charge is 0.493 e. The highest BCUT2D eigenvalue weighted by Crippen LogP contribution is 2.21. The molecule has 0 spiro atoms. The third kappa shape index (κ3) is 3.92. The lowest BCUT2D eigenvalue weighted by Gasteiger charge is -2.07. The van der Waals surface area contributed by atoms with Crippen LogP contribution in [-0.2, 0) is 9.53 Å². The first kappa shape index (κ1) is 13.3. The van der Waals surface area contributed by atoms with Crippen LogP contribution in [0.25, 0.3) is 6.08 Å².